The van der Waals surface area contributed by atoms with Gasteiger partial charge in [-0.2, -0.15) is 5.26 Å². The molecule has 0 unspecified atom stereocenters. The highest BCUT2D eigenvalue weighted by Gasteiger charge is 2.26. The molecule has 0 bridgehead atoms. The summed E-state index contributed by atoms with van der Waals surface area (Å²) in [5, 5.41) is 20.0. The minimum atomic E-state index is -0.418. The molecule has 0 N–H and O–H groups in total. The zero-order valence-electron chi connectivity index (χ0n) is 18.0. The lowest BCUT2D eigenvalue weighted by atomic mass is 10.0. The topological polar surface area (TPSA) is 116 Å². The van der Waals surface area contributed by atoms with Gasteiger partial charge < -0.3 is 9.80 Å². The van der Waals surface area contributed by atoms with Crippen LogP contribution in [0.1, 0.15) is 36.5 Å². The summed E-state index contributed by atoms with van der Waals surface area (Å²) in [6.07, 6.45) is 0.647. The lowest BCUT2D eigenvalue weighted by Crippen LogP contribution is -2.50. The fraction of sp³-hybridized carbons (Fsp3) is 0.455. The number of nitrogens with zero attached hydrogens (tertiary/aromatic N) is 6. The van der Waals surface area contributed by atoms with Gasteiger partial charge in [0.05, 0.1) is 17.4 Å². The van der Waals surface area contributed by atoms with Gasteiger partial charge in [0.15, 0.2) is 0 Å². The summed E-state index contributed by atoms with van der Waals surface area (Å²) in [6.45, 7) is 8.22. The van der Waals surface area contributed by atoms with Gasteiger partial charge in [-0.05, 0) is 12.5 Å². The smallest absolute Gasteiger partial charge is 0.269 e. The molecular formula is C22H26N6O3. The van der Waals surface area contributed by atoms with Crippen LogP contribution in [0.4, 0.5) is 11.5 Å². The maximum Gasteiger partial charge on any atom is 0.269 e. The summed E-state index contributed by atoms with van der Waals surface area (Å²) < 4.78 is 0. The Morgan fingerprint density at radius 1 is 1.19 bits per heavy atom. The Kier molecular flexibility index (Phi) is 6.80. The van der Waals surface area contributed by atoms with Crippen molar-refractivity contribution in [2.75, 3.05) is 31.1 Å². The van der Waals surface area contributed by atoms with Crippen molar-refractivity contribution in [3.63, 3.8) is 0 Å². The quantitative estimate of drug-likeness (QED) is 0.519. The summed E-state index contributed by atoms with van der Waals surface area (Å²) in [4.78, 5) is 36.0. The molecule has 1 saturated heterocycles. The third kappa shape index (κ3) is 5.15. The number of nitriles is 1. The Hall–Kier alpha value is -3.54. The van der Waals surface area contributed by atoms with Crippen LogP contribution in [0.25, 0.3) is 0 Å². The average Bonchev–Trinajstić information content (AvgIpc) is 2.75. The van der Waals surface area contributed by atoms with Crippen molar-refractivity contribution < 1.29 is 9.72 Å². The molecule has 9 nitrogen and oxygen atoms in total. The Bertz CT molecular complexity index is 1010. The average molecular weight is 422 g/mol. The van der Waals surface area contributed by atoms with Crippen LogP contribution in [0.5, 0.6) is 0 Å². The van der Waals surface area contributed by atoms with E-state index in [9.17, 15) is 14.9 Å². The van der Waals surface area contributed by atoms with Crippen molar-refractivity contribution in [3.8, 4) is 6.07 Å². The number of nitro groups is 1. The molecule has 1 aliphatic heterocycles. The molecule has 0 aliphatic carbocycles. The molecule has 1 aromatic heterocycles. The molecule has 0 atom stereocenters. The van der Waals surface area contributed by atoms with Gasteiger partial charge in [-0.25, -0.2) is 9.97 Å². The number of benzene rings is 1. The fourth-order valence-electron chi connectivity index (χ4n) is 3.70. The number of piperazine rings is 1. The number of hydrogen-bond donors (Lipinski definition) is 0. The number of aromatic nitrogens is 2. The van der Waals surface area contributed by atoms with E-state index in [2.05, 4.69) is 20.9 Å². The lowest BCUT2D eigenvalue weighted by molar-refractivity contribution is -0.384. The summed E-state index contributed by atoms with van der Waals surface area (Å²) in [6, 6.07) is 8.56. The van der Waals surface area contributed by atoms with Crippen molar-refractivity contribution in [2.45, 2.75) is 33.6 Å². The zero-order chi connectivity index (χ0) is 22.5. The van der Waals surface area contributed by atoms with E-state index in [0.717, 1.165) is 22.6 Å². The number of amides is 1. The second-order valence-corrected chi connectivity index (χ2v) is 7.93. The highest BCUT2D eigenvalue weighted by Crippen LogP contribution is 2.26. The summed E-state index contributed by atoms with van der Waals surface area (Å²) in [7, 11) is 0. The Morgan fingerprint density at radius 2 is 1.84 bits per heavy atom. The maximum atomic E-state index is 12.3. The van der Waals surface area contributed by atoms with Crippen LogP contribution >= 0.6 is 0 Å². The molecule has 0 radical (unpaired) electrons. The third-order valence-electron chi connectivity index (χ3n) is 5.39. The molecule has 1 aliphatic rings. The van der Waals surface area contributed by atoms with Crippen LogP contribution in [0, 0.1) is 34.3 Å². The van der Waals surface area contributed by atoms with Crippen LogP contribution < -0.4 is 4.90 Å². The molecule has 1 fully saturated rings. The highest BCUT2D eigenvalue weighted by atomic mass is 16.6. The zero-order valence-corrected chi connectivity index (χ0v) is 18.0. The molecule has 2 heterocycles. The summed E-state index contributed by atoms with van der Waals surface area (Å²) >= 11 is 0. The first-order chi connectivity index (χ1) is 14.8. The Morgan fingerprint density at radius 3 is 2.39 bits per heavy atom. The molecule has 3 rings (SSSR count). The van der Waals surface area contributed by atoms with Gasteiger partial charge in [0.25, 0.3) is 5.69 Å². The highest BCUT2D eigenvalue weighted by molar-refractivity contribution is 5.78. The first-order valence-electron chi connectivity index (χ1n) is 10.3. The first-order valence-corrected chi connectivity index (χ1v) is 10.3. The Labute approximate surface area is 181 Å². The molecular weight excluding hydrogens is 396 g/mol. The van der Waals surface area contributed by atoms with E-state index in [4.69, 9.17) is 5.26 Å². The van der Waals surface area contributed by atoms with Crippen LogP contribution in [-0.2, 0) is 17.6 Å². The first kappa shape index (κ1) is 22.2. The predicted octanol–water partition coefficient (Wildman–Crippen LogP) is 2.65. The number of carbonyl (C=O) groups excluding carboxylic acids is 1. The van der Waals surface area contributed by atoms with Crippen molar-refractivity contribution in [1.29, 1.82) is 5.26 Å². The van der Waals surface area contributed by atoms with Crippen molar-refractivity contribution >= 4 is 17.4 Å². The van der Waals surface area contributed by atoms with Crippen LogP contribution in [-0.4, -0.2) is 51.9 Å². The van der Waals surface area contributed by atoms with Crippen molar-refractivity contribution in [1.82, 2.24) is 14.9 Å². The van der Waals surface area contributed by atoms with Crippen LogP contribution in [0.3, 0.4) is 0 Å². The summed E-state index contributed by atoms with van der Waals surface area (Å²) in [5.74, 6) is 1.36. The van der Waals surface area contributed by atoms with Crippen LogP contribution in [0.2, 0.25) is 0 Å². The van der Waals surface area contributed by atoms with Gasteiger partial charge in [0, 0.05) is 61.9 Å². The van der Waals surface area contributed by atoms with E-state index in [1.54, 1.807) is 12.1 Å². The number of nitro benzene ring substituents is 1. The molecule has 0 saturated carbocycles. The second-order valence-electron chi connectivity index (χ2n) is 7.93. The van der Waals surface area contributed by atoms with Gasteiger partial charge in [-0.1, -0.05) is 26.0 Å². The lowest BCUT2D eigenvalue weighted by Gasteiger charge is -2.37. The van der Waals surface area contributed by atoms with Gasteiger partial charge in [-0.15, -0.1) is 0 Å². The second kappa shape index (κ2) is 9.51. The van der Waals surface area contributed by atoms with Gasteiger partial charge in [-0.3, -0.25) is 14.9 Å². The molecule has 31 heavy (non-hydrogen) atoms. The van der Waals surface area contributed by atoms with E-state index in [1.165, 1.54) is 12.1 Å². The Balaban J connectivity index is 1.88. The number of carbonyl (C=O) groups is 1. The van der Waals surface area contributed by atoms with Crippen molar-refractivity contribution in [2.24, 2.45) is 5.92 Å². The van der Waals surface area contributed by atoms with Gasteiger partial charge >= 0.3 is 0 Å². The SMILES string of the molecule is Cc1nc(CC#N)nc(N2CCN(C(=O)C(C)C)CC2)c1Cc1ccc([N+](=O)[O-])cc1. The largest absolute Gasteiger partial charge is 0.353 e. The molecule has 162 valence electrons. The van der Waals surface area contributed by atoms with E-state index in [1.807, 2.05) is 25.7 Å². The van der Waals surface area contributed by atoms with E-state index in [-0.39, 0.29) is 23.9 Å². The minimum Gasteiger partial charge on any atom is -0.353 e. The minimum absolute atomic E-state index is 0.0345. The molecule has 0 spiro atoms. The van der Waals surface area contributed by atoms with E-state index >= 15 is 0 Å². The normalized spacial score (nSPS) is 13.9. The number of aryl methyl sites for hydroxylation is 1. The van der Waals surface area contributed by atoms with E-state index in [0.29, 0.717) is 38.4 Å². The number of rotatable bonds is 6. The maximum absolute atomic E-state index is 12.3. The van der Waals surface area contributed by atoms with Gasteiger partial charge in [0.1, 0.15) is 11.6 Å². The third-order valence-corrected chi connectivity index (χ3v) is 5.39. The van der Waals surface area contributed by atoms with E-state index < -0.39 is 4.92 Å². The standard InChI is InChI=1S/C22H26N6O3/c1-15(2)22(29)27-12-10-26(11-13-27)21-19(16(3)24-20(25-21)8-9-23)14-17-4-6-18(7-5-17)28(30)31/h4-7,15H,8,10-14H2,1-3H3. The molecule has 2 aromatic rings. The monoisotopic (exact) mass is 422 g/mol. The van der Waals surface area contributed by atoms with Crippen LogP contribution in [0.15, 0.2) is 24.3 Å². The van der Waals surface area contributed by atoms with Gasteiger partial charge in [0.2, 0.25) is 5.91 Å². The van der Waals surface area contributed by atoms with Crippen molar-refractivity contribution in [3.05, 3.63) is 57.0 Å². The number of anilines is 1. The molecule has 9 heteroatoms. The number of non-ortho nitro benzene ring substituents is 1. The molecule has 1 aromatic carbocycles. The fourth-order valence-corrected chi connectivity index (χ4v) is 3.70. The predicted molar refractivity (Wildman–Crippen MR) is 116 cm³/mol. The molecule has 1 amide bonds. The number of hydrogen-bond acceptors (Lipinski definition) is 7. The summed E-state index contributed by atoms with van der Waals surface area (Å²) in [5.41, 5.74) is 2.68.